The first-order chi connectivity index (χ1) is 13.0. The van der Waals surface area contributed by atoms with Crippen molar-refractivity contribution in [1.29, 1.82) is 0 Å². The number of benzene rings is 2. The van der Waals surface area contributed by atoms with E-state index in [1.807, 2.05) is 24.3 Å². The van der Waals surface area contributed by atoms with Crippen LogP contribution >= 0.6 is 11.6 Å². The number of hydrogen-bond donors (Lipinski definition) is 1. The van der Waals surface area contributed by atoms with Gasteiger partial charge < -0.3 is 15.0 Å². The third kappa shape index (κ3) is 5.11. The third-order valence-electron chi connectivity index (χ3n) is 4.38. The monoisotopic (exact) mass is 384 g/mol. The summed E-state index contributed by atoms with van der Waals surface area (Å²) >= 11 is 5.87. The fourth-order valence-corrected chi connectivity index (χ4v) is 3.03. The fraction of sp³-hybridized carbons (Fsp3) is 0.238. The number of rotatable bonds is 7. The van der Waals surface area contributed by atoms with Crippen LogP contribution in [-0.4, -0.2) is 29.8 Å². The number of carbonyl (C=O) groups is 2. The van der Waals surface area contributed by atoms with Gasteiger partial charge in [0.15, 0.2) is 0 Å². The molecule has 1 fully saturated rings. The molecule has 1 unspecified atom stereocenters. The van der Waals surface area contributed by atoms with Crippen molar-refractivity contribution in [2.45, 2.75) is 13.0 Å². The van der Waals surface area contributed by atoms with Gasteiger partial charge in [0.2, 0.25) is 11.8 Å². The minimum atomic E-state index is -0.335. The second kappa shape index (κ2) is 8.73. The van der Waals surface area contributed by atoms with E-state index in [0.29, 0.717) is 36.2 Å². The van der Waals surface area contributed by atoms with Gasteiger partial charge in [-0.05, 0) is 42.0 Å². The quantitative estimate of drug-likeness (QED) is 0.737. The molecule has 3 rings (SSSR count). The summed E-state index contributed by atoms with van der Waals surface area (Å²) in [5.74, 6) is 0.208. The third-order valence-corrected chi connectivity index (χ3v) is 4.63. The number of ether oxygens (including phenoxy) is 1. The molecule has 0 aromatic heterocycles. The topological polar surface area (TPSA) is 58.6 Å². The second-order valence-electron chi connectivity index (χ2n) is 6.42. The molecule has 140 valence electrons. The Hall–Kier alpha value is -2.79. The standard InChI is InChI=1S/C21H21ClN2O3/c1-2-11-24-13-16(12-20(24)25)21(26)23-18-7-9-19(10-8-18)27-14-15-3-5-17(22)6-4-15/h2-10,16H,1,11-14H2,(H,23,26). The maximum absolute atomic E-state index is 12.4. The van der Waals surface area contributed by atoms with Crippen molar-refractivity contribution in [3.8, 4) is 5.75 Å². The summed E-state index contributed by atoms with van der Waals surface area (Å²) in [6, 6.07) is 14.6. The Bertz CT molecular complexity index is 818. The van der Waals surface area contributed by atoms with Crippen LogP contribution in [0.1, 0.15) is 12.0 Å². The lowest BCUT2D eigenvalue weighted by Crippen LogP contribution is -2.28. The van der Waals surface area contributed by atoms with E-state index < -0.39 is 0 Å². The van der Waals surface area contributed by atoms with Gasteiger partial charge in [-0.2, -0.15) is 0 Å². The number of anilines is 1. The Morgan fingerprint density at radius 3 is 2.59 bits per heavy atom. The van der Waals surface area contributed by atoms with Gasteiger partial charge in [0.05, 0.1) is 5.92 Å². The zero-order valence-electron chi connectivity index (χ0n) is 14.9. The molecule has 1 saturated heterocycles. The van der Waals surface area contributed by atoms with E-state index in [1.54, 1.807) is 35.2 Å². The van der Waals surface area contributed by atoms with Crippen molar-refractivity contribution in [2.24, 2.45) is 5.92 Å². The summed E-state index contributed by atoms with van der Waals surface area (Å²) in [5.41, 5.74) is 1.69. The van der Waals surface area contributed by atoms with Crippen molar-refractivity contribution in [3.63, 3.8) is 0 Å². The molecule has 5 nitrogen and oxygen atoms in total. The maximum Gasteiger partial charge on any atom is 0.229 e. The van der Waals surface area contributed by atoms with Crippen LogP contribution in [-0.2, 0) is 16.2 Å². The van der Waals surface area contributed by atoms with E-state index in [1.165, 1.54) is 0 Å². The van der Waals surface area contributed by atoms with Crippen LogP contribution in [0, 0.1) is 5.92 Å². The van der Waals surface area contributed by atoms with E-state index in [2.05, 4.69) is 11.9 Å². The van der Waals surface area contributed by atoms with E-state index in [9.17, 15) is 9.59 Å². The summed E-state index contributed by atoms with van der Waals surface area (Å²) in [6.45, 7) is 4.97. The molecule has 2 aromatic rings. The van der Waals surface area contributed by atoms with E-state index in [-0.39, 0.29) is 24.2 Å². The molecule has 1 aliphatic rings. The number of likely N-dealkylation sites (tertiary alicyclic amines) is 1. The molecule has 0 bridgehead atoms. The number of nitrogens with zero attached hydrogens (tertiary/aromatic N) is 1. The highest BCUT2D eigenvalue weighted by Gasteiger charge is 2.33. The Morgan fingerprint density at radius 2 is 1.93 bits per heavy atom. The van der Waals surface area contributed by atoms with Crippen molar-refractivity contribution in [3.05, 3.63) is 71.8 Å². The van der Waals surface area contributed by atoms with E-state index in [4.69, 9.17) is 16.3 Å². The molecule has 0 saturated carbocycles. The average Bonchev–Trinajstić information content (AvgIpc) is 3.04. The van der Waals surface area contributed by atoms with Gasteiger partial charge >= 0.3 is 0 Å². The minimum Gasteiger partial charge on any atom is -0.489 e. The van der Waals surface area contributed by atoms with Crippen molar-refractivity contribution < 1.29 is 14.3 Å². The van der Waals surface area contributed by atoms with Crippen LogP contribution < -0.4 is 10.1 Å². The number of nitrogens with one attached hydrogen (secondary N) is 1. The molecule has 0 spiro atoms. The summed E-state index contributed by atoms with van der Waals surface area (Å²) in [5, 5.41) is 3.55. The lowest BCUT2D eigenvalue weighted by atomic mass is 10.1. The molecule has 0 radical (unpaired) electrons. The molecule has 2 aromatic carbocycles. The minimum absolute atomic E-state index is 0.0130. The largest absolute Gasteiger partial charge is 0.489 e. The van der Waals surface area contributed by atoms with Gasteiger partial charge in [-0.3, -0.25) is 9.59 Å². The van der Waals surface area contributed by atoms with Gasteiger partial charge in [-0.15, -0.1) is 6.58 Å². The van der Waals surface area contributed by atoms with E-state index >= 15 is 0 Å². The van der Waals surface area contributed by atoms with Crippen molar-refractivity contribution in [1.82, 2.24) is 4.90 Å². The fourth-order valence-electron chi connectivity index (χ4n) is 2.91. The molecule has 1 aliphatic heterocycles. The Morgan fingerprint density at radius 1 is 1.22 bits per heavy atom. The van der Waals surface area contributed by atoms with Gasteiger partial charge in [0.1, 0.15) is 12.4 Å². The summed E-state index contributed by atoms with van der Waals surface area (Å²) in [6.07, 6.45) is 1.91. The van der Waals surface area contributed by atoms with Crippen LogP contribution in [0.3, 0.4) is 0 Å². The maximum atomic E-state index is 12.4. The van der Waals surface area contributed by atoms with Crippen LogP contribution in [0.15, 0.2) is 61.2 Å². The molecule has 1 N–H and O–H groups in total. The van der Waals surface area contributed by atoms with Gasteiger partial charge in [-0.25, -0.2) is 0 Å². The second-order valence-corrected chi connectivity index (χ2v) is 6.85. The SMILES string of the molecule is C=CCN1CC(C(=O)Nc2ccc(OCc3ccc(Cl)cc3)cc2)CC1=O. The first-order valence-electron chi connectivity index (χ1n) is 8.72. The Balaban J connectivity index is 1.51. The number of hydrogen-bond acceptors (Lipinski definition) is 3. The number of halogens is 1. The molecular weight excluding hydrogens is 364 g/mol. The number of carbonyl (C=O) groups excluding carboxylic acids is 2. The predicted octanol–water partition coefficient (Wildman–Crippen LogP) is 3.89. The molecule has 1 heterocycles. The predicted molar refractivity (Wildman–Crippen MR) is 106 cm³/mol. The zero-order chi connectivity index (χ0) is 19.2. The van der Waals surface area contributed by atoms with Gasteiger partial charge in [0, 0.05) is 30.2 Å². The van der Waals surface area contributed by atoms with Crippen LogP contribution in [0.25, 0.3) is 0 Å². The molecule has 0 aliphatic carbocycles. The highest BCUT2D eigenvalue weighted by Crippen LogP contribution is 2.22. The highest BCUT2D eigenvalue weighted by atomic mass is 35.5. The molecule has 1 atom stereocenters. The summed E-state index contributed by atoms with van der Waals surface area (Å²) < 4.78 is 5.73. The zero-order valence-corrected chi connectivity index (χ0v) is 15.6. The lowest BCUT2D eigenvalue weighted by Gasteiger charge is -2.14. The first-order valence-corrected chi connectivity index (χ1v) is 9.10. The average molecular weight is 385 g/mol. The molecule has 6 heteroatoms. The Labute approximate surface area is 163 Å². The molecule has 27 heavy (non-hydrogen) atoms. The van der Waals surface area contributed by atoms with Gasteiger partial charge in [0.25, 0.3) is 0 Å². The molecule has 2 amide bonds. The smallest absolute Gasteiger partial charge is 0.229 e. The normalized spacial score (nSPS) is 16.3. The van der Waals surface area contributed by atoms with Crippen molar-refractivity contribution in [2.75, 3.05) is 18.4 Å². The Kier molecular flexibility index (Phi) is 6.14. The van der Waals surface area contributed by atoms with Crippen LogP contribution in [0.2, 0.25) is 5.02 Å². The summed E-state index contributed by atoms with van der Waals surface area (Å²) in [4.78, 5) is 25.9. The van der Waals surface area contributed by atoms with E-state index in [0.717, 1.165) is 5.56 Å². The molecular formula is C21H21ClN2O3. The highest BCUT2D eigenvalue weighted by molar-refractivity contribution is 6.30. The van der Waals surface area contributed by atoms with Crippen LogP contribution in [0.4, 0.5) is 5.69 Å². The number of amides is 2. The van der Waals surface area contributed by atoms with Crippen molar-refractivity contribution >= 4 is 29.1 Å². The first kappa shape index (κ1) is 19.0. The van der Waals surface area contributed by atoms with Crippen LogP contribution in [0.5, 0.6) is 5.75 Å². The van der Waals surface area contributed by atoms with Gasteiger partial charge in [-0.1, -0.05) is 29.8 Å². The summed E-state index contributed by atoms with van der Waals surface area (Å²) in [7, 11) is 0. The lowest BCUT2D eigenvalue weighted by molar-refractivity contribution is -0.127.